The molecule has 1 aliphatic heterocycles. The summed E-state index contributed by atoms with van der Waals surface area (Å²) >= 11 is 0. The molecule has 1 saturated heterocycles. The molecule has 0 bridgehead atoms. The van der Waals surface area contributed by atoms with Gasteiger partial charge < -0.3 is 14.9 Å². The molecule has 3 aromatic carbocycles. The highest BCUT2D eigenvalue weighted by Crippen LogP contribution is 2.44. The highest BCUT2D eigenvalue weighted by molar-refractivity contribution is 6.51. The third-order valence-electron chi connectivity index (χ3n) is 5.50. The number of hydrogen-bond donors (Lipinski definition) is 2. The number of anilines is 1. The van der Waals surface area contributed by atoms with Gasteiger partial charge in [0.2, 0.25) is 0 Å². The van der Waals surface area contributed by atoms with E-state index in [4.69, 9.17) is 4.74 Å². The fraction of sp³-hybridized carbons (Fsp3) is 0.0833. The minimum Gasteiger partial charge on any atom is -0.507 e. The summed E-state index contributed by atoms with van der Waals surface area (Å²) in [5, 5.41) is 32.2. The Labute approximate surface area is 196 Å². The van der Waals surface area contributed by atoms with Gasteiger partial charge in [-0.2, -0.15) is 0 Å². The number of non-ortho nitro benzene ring substituents is 1. The zero-order valence-corrected chi connectivity index (χ0v) is 17.9. The van der Waals surface area contributed by atoms with E-state index in [9.17, 15) is 38.7 Å². The molecule has 0 aromatic heterocycles. The van der Waals surface area contributed by atoms with Gasteiger partial charge in [0.05, 0.1) is 23.6 Å². The lowest BCUT2D eigenvalue weighted by molar-refractivity contribution is -0.384. The SMILES string of the molecule is COc1ccc(C2/C(=C(\O)c3ccc([N+](=O)[O-])cc3)C(=O)C(=O)N2c2ccc(F)c(F)c2)cc1O. The summed E-state index contributed by atoms with van der Waals surface area (Å²) in [4.78, 5) is 37.2. The maximum atomic E-state index is 14.0. The molecule has 0 spiro atoms. The number of hydrogen-bond acceptors (Lipinski definition) is 7. The summed E-state index contributed by atoms with van der Waals surface area (Å²) in [6, 6.07) is 9.83. The number of aliphatic hydroxyl groups excluding tert-OH is 1. The lowest BCUT2D eigenvalue weighted by Gasteiger charge is -2.26. The van der Waals surface area contributed by atoms with Crippen molar-refractivity contribution in [1.82, 2.24) is 0 Å². The molecule has 9 nitrogen and oxygen atoms in total. The first kappa shape index (κ1) is 23.4. The van der Waals surface area contributed by atoms with Crippen LogP contribution in [0.1, 0.15) is 17.2 Å². The molecular weight excluding hydrogens is 466 g/mol. The van der Waals surface area contributed by atoms with Crippen LogP contribution in [0.25, 0.3) is 5.76 Å². The van der Waals surface area contributed by atoms with Gasteiger partial charge in [0.1, 0.15) is 5.76 Å². The number of methoxy groups -OCH3 is 1. The van der Waals surface area contributed by atoms with Crippen LogP contribution in [-0.4, -0.2) is 33.9 Å². The molecule has 1 fully saturated rings. The second kappa shape index (κ2) is 8.86. The zero-order chi connectivity index (χ0) is 25.4. The maximum absolute atomic E-state index is 14.0. The smallest absolute Gasteiger partial charge is 0.300 e. The van der Waals surface area contributed by atoms with E-state index in [1.165, 1.54) is 37.4 Å². The topological polar surface area (TPSA) is 130 Å². The Morgan fingerprint density at radius 3 is 2.29 bits per heavy atom. The Bertz CT molecular complexity index is 1400. The van der Waals surface area contributed by atoms with E-state index in [1.54, 1.807) is 0 Å². The van der Waals surface area contributed by atoms with Crippen molar-refractivity contribution in [1.29, 1.82) is 0 Å². The number of nitro benzene ring substituents is 1. The average Bonchev–Trinajstić information content (AvgIpc) is 3.10. The largest absolute Gasteiger partial charge is 0.507 e. The van der Waals surface area contributed by atoms with Gasteiger partial charge in [-0.25, -0.2) is 8.78 Å². The summed E-state index contributed by atoms with van der Waals surface area (Å²) in [6.07, 6.45) is 0. The Balaban J connectivity index is 1.94. The molecule has 1 amide bonds. The van der Waals surface area contributed by atoms with Crippen LogP contribution in [0.4, 0.5) is 20.2 Å². The highest BCUT2D eigenvalue weighted by Gasteiger charge is 2.47. The molecule has 35 heavy (non-hydrogen) atoms. The predicted molar refractivity (Wildman–Crippen MR) is 119 cm³/mol. The van der Waals surface area contributed by atoms with Crippen LogP contribution in [-0.2, 0) is 9.59 Å². The quantitative estimate of drug-likeness (QED) is 0.183. The lowest BCUT2D eigenvalue weighted by atomic mass is 9.94. The number of aromatic hydroxyl groups is 1. The number of phenols is 1. The number of nitro groups is 1. The predicted octanol–water partition coefficient (Wildman–Crippen LogP) is 4.21. The maximum Gasteiger partial charge on any atom is 0.300 e. The van der Waals surface area contributed by atoms with Crippen LogP contribution >= 0.6 is 0 Å². The van der Waals surface area contributed by atoms with E-state index < -0.39 is 45.6 Å². The Morgan fingerprint density at radius 1 is 1.03 bits per heavy atom. The van der Waals surface area contributed by atoms with Crippen molar-refractivity contribution in [2.24, 2.45) is 0 Å². The first-order chi connectivity index (χ1) is 16.6. The number of ether oxygens (including phenoxy) is 1. The first-order valence-corrected chi connectivity index (χ1v) is 10.0. The number of carbonyl (C=O) groups is 2. The van der Waals surface area contributed by atoms with E-state index in [2.05, 4.69) is 0 Å². The highest BCUT2D eigenvalue weighted by atomic mass is 19.2. The minimum absolute atomic E-state index is 0.00150. The van der Waals surface area contributed by atoms with Crippen molar-refractivity contribution in [2.75, 3.05) is 12.0 Å². The van der Waals surface area contributed by atoms with E-state index in [1.807, 2.05) is 0 Å². The van der Waals surface area contributed by atoms with E-state index in [0.717, 1.165) is 35.2 Å². The molecule has 1 unspecified atom stereocenters. The Kier molecular flexibility index (Phi) is 5.91. The van der Waals surface area contributed by atoms with Gasteiger partial charge in [-0.05, 0) is 42.0 Å². The van der Waals surface area contributed by atoms with Crippen molar-refractivity contribution >= 4 is 28.8 Å². The van der Waals surface area contributed by atoms with Gasteiger partial charge in [-0.1, -0.05) is 6.07 Å². The number of amides is 1. The molecule has 0 saturated carbocycles. The minimum atomic E-state index is -1.35. The third-order valence-corrected chi connectivity index (χ3v) is 5.50. The van der Waals surface area contributed by atoms with Crippen LogP contribution in [0.3, 0.4) is 0 Å². The first-order valence-electron chi connectivity index (χ1n) is 10.0. The molecule has 1 atom stereocenters. The van der Waals surface area contributed by atoms with E-state index in [0.29, 0.717) is 0 Å². The summed E-state index contributed by atoms with van der Waals surface area (Å²) in [5.41, 5.74) is -0.704. The van der Waals surface area contributed by atoms with E-state index in [-0.39, 0.29) is 34.0 Å². The average molecular weight is 482 g/mol. The number of phenolic OH excluding ortho intramolecular Hbond substituents is 1. The van der Waals surface area contributed by atoms with Crippen LogP contribution in [0, 0.1) is 21.7 Å². The fourth-order valence-corrected chi connectivity index (χ4v) is 3.82. The standard InChI is InChI=1S/C24H16F2N2O7/c1-35-19-9-4-13(10-18(19)29)21-20(22(30)12-2-5-14(6-3-12)28(33)34)23(31)24(32)27(21)15-7-8-16(25)17(26)11-15/h2-11,21,29-30H,1H3/b22-20+. The number of halogens is 2. The number of aliphatic hydroxyl groups is 1. The van der Waals surface area contributed by atoms with Gasteiger partial charge in [0.15, 0.2) is 23.1 Å². The summed E-state index contributed by atoms with van der Waals surface area (Å²) < 4.78 is 32.6. The second-order valence-electron chi connectivity index (χ2n) is 7.50. The lowest BCUT2D eigenvalue weighted by Crippen LogP contribution is -2.29. The molecule has 0 aliphatic carbocycles. The molecule has 4 rings (SSSR count). The van der Waals surface area contributed by atoms with Gasteiger partial charge in [-0.3, -0.25) is 24.6 Å². The molecule has 11 heteroatoms. The van der Waals surface area contributed by atoms with Crippen LogP contribution in [0.5, 0.6) is 11.5 Å². The van der Waals surface area contributed by atoms with Gasteiger partial charge >= 0.3 is 0 Å². The number of nitrogens with zero attached hydrogens (tertiary/aromatic N) is 2. The van der Waals surface area contributed by atoms with Crippen molar-refractivity contribution in [3.8, 4) is 11.5 Å². The van der Waals surface area contributed by atoms with Gasteiger partial charge in [0, 0.05) is 29.4 Å². The number of Topliss-reactive ketones (excluding diaryl/α,β-unsaturated/α-hetero) is 1. The molecule has 1 heterocycles. The normalized spacial score (nSPS) is 17.0. The molecule has 2 N–H and O–H groups in total. The third kappa shape index (κ3) is 4.03. The Morgan fingerprint density at radius 2 is 1.71 bits per heavy atom. The van der Waals surface area contributed by atoms with E-state index >= 15 is 0 Å². The molecule has 178 valence electrons. The summed E-state index contributed by atoms with van der Waals surface area (Å²) in [6.45, 7) is 0. The number of benzene rings is 3. The van der Waals surface area contributed by atoms with Crippen molar-refractivity contribution < 1.29 is 38.2 Å². The van der Waals surface area contributed by atoms with Gasteiger partial charge in [0.25, 0.3) is 17.4 Å². The molecule has 0 radical (unpaired) electrons. The summed E-state index contributed by atoms with van der Waals surface area (Å²) in [7, 11) is 1.32. The number of carbonyl (C=O) groups excluding carboxylic acids is 2. The van der Waals surface area contributed by atoms with Crippen molar-refractivity contribution in [2.45, 2.75) is 6.04 Å². The van der Waals surface area contributed by atoms with Crippen LogP contribution in [0.2, 0.25) is 0 Å². The monoisotopic (exact) mass is 482 g/mol. The Hall–Kier alpha value is -4.80. The molecule has 1 aliphatic rings. The number of rotatable bonds is 5. The van der Waals surface area contributed by atoms with Crippen molar-refractivity contribution in [3.05, 3.63) is 99.1 Å². The molecule has 3 aromatic rings. The van der Waals surface area contributed by atoms with Crippen molar-refractivity contribution in [3.63, 3.8) is 0 Å². The van der Waals surface area contributed by atoms with Gasteiger partial charge in [-0.15, -0.1) is 0 Å². The summed E-state index contributed by atoms with van der Waals surface area (Å²) in [5.74, 6) is -5.61. The molecular formula is C24H16F2N2O7. The zero-order valence-electron chi connectivity index (χ0n) is 17.9. The fourth-order valence-electron chi connectivity index (χ4n) is 3.82. The van der Waals surface area contributed by atoms with Crippen LogP contribution < -0.4 is 9.64 Å². The van der Waals surface area contributed by atoms with Crippen LogP contribution in [0.15, 0.2) is 66.2 Å². The number of ketones is 1. The second-order valence-corrected chi connectivity index (χ2v) is 7.50.